The lowest BCUT2D eigenvalue weighted by molar-refractivity contribution is -0.0249. The molecule has 1 amide bonds. The van der Waals surface area contributed by atoms with Crippen molar-refractivity contribution in [3.05, 3.63) is 71.9 Å². The third-order valence-electron chi connectivity index (χ3n) is 4.66. The van der Waals surface area contributed by atoms with Crippen molar-refractivity contribution in [2.45, 2.75) is 13.0 Å². The van der Waals surface area contributed by atoms with E-state index < -0.39 is 0 Å². The molecule has 1 aliphatic rings. The third kappa shape index (κ3) is 3.84. The van der Waals surface area contributed by atoms with Crippen molar-refractivity contribution in [3.63, 3.8) is 0 Å². The summed E-state index contributed by atoms with van der Waals surface area (Å²) in [5.41, 5.74) is 9.75. The Bertz CT molecular complexity index is 976. The number of hydrogen-bond donors (Lipinski definition) is 1. The fourth-order valence-electron chi connectivity index (χ4n) is 3.27. The molecule has 28 heavy (non-hydrogen) atoms. The quantitative estimate of drug-likeness (QED) is 0.756. The Kier molecular flexibility index (Phi) is 4.99. The maximum Gasteiger partial charge on any atom is 0.272 e. The van der Waals surface area contributed by atoms with Gasteiger partial charge in [-0.05, 0) is 48.9 Å². The summed E-state index contributed by atoms with van der Waals surface area (Å²) < 4.78 is 5.93. The number of aryl methyl sites for hydroxylation is 1. The fourth-order valence-corrected chi connectivity index (χ4v) is 3.27. The van der Waals surface area contributed by atoms with Gasteiger partial charge in [-0.2, -0.15) is 0 Å². The van der Waals surface area contributed by atoms with Gasteiger partial charge in [0.1, 0.15) is 17.6 Å². The van der Waals surface area contributed by atoms with Crippen LogP contribution in [0.2, 0.25) is 0 Å². The number of ether oxygens (including phenoxy) is 1. The lowest BCUT2D eigenvalue weighted by Gasteiger charge is -2.32. The van der Waals surface area contributed by atoms with Crippen LogP contribution in [0.1, 0.15) is 28.0 Å². The van der Waals surface area contributed by atoms with Crippen molar-refractivity contribution in [1.29, 1.82) is 0 Å². The minimum atomic E-state index is -0.290. The van der Waals surface area contributed by atoms with Gasteiger partial charge in [0, 0.05) is 30.2 Å². The Morgan fingerprint density at radius 1 is 1.18 bits per heavy atom. The summed E-state index contributed by atoms with van der Waals surface area (Å²) >= 11 is 0. The average molecular weight is 375 g/mol. The number of nitrogens with two attached hydrogens (primary N) is 1. The highest BCUT2D eigenvalue weighted by atomic mass is 16.5. The second kappa shape index (κ2) is 7.74. The zero-order valence-electron chi connectivity index (χ0n) is 15.6. The van der Waals surface area contributed by atoms with E-state index in [1.807, 2.05) is 31.2 Å². The van der Waals surface area contributed by atoms with Crippen LogP contribution in [0.5, 0.6) is 0 Å². The predicted octanol–water partition coefficient (Wildman–Crippen LogP) is 2.64. The van der Waals surface area contributed by atoms with Gasteiger partial charge in [0.25, 0.3) is 5.91 Å². The van der Waals surface area contributed by atoms with Gasteiger partial charge in [-0.1, -0.05) is 6.07 Å². The van der Waals surface area contributed by atoms with Gasteiger partial charge in [-0.3, -0.25) is 14.8 Å². The minimum absolute atomic E-state index is 0.0930. The Morgan fingerprint density at radius 3 is 2.82 bits per heavy atom. The number of aromatic nitrogens is 3. The molecule has 1 fully saturated rings. The van der Waals surface area contributed by atoms with Crippen LogP contribution >= 0.6 is 0 Å². The van der Waals surface area contributed by atoms with Gasteiger partial charge in [-0.25, -0.2) is 4.98 Å². The number of morpholine rings is 1. The predicted molar refractivity (Wildman–Crippen MR) is 105 cm³/mol. The number of nitrogens with zero attached hydrogens (tertiary/aromatic N) is 4. The molecule has 3 aromatic rings. The maximum absolute atomic E-state index is 12.7. The number of anilines is 1. The van der Waals surface area contributed by atoms with Gasteiger partial charge < -0.3 is 15.4 Å². The van der Waals surface area contributed by atoms with E-state index in [9.17, 15) is 4.79 Å². The highest BCUT2D eigenvalue weighted by molar-refractivity contribution is 5.92. The molecular weight excluding hydrogens is 354 g/mol. The van der Waals surface area contributed by atoms with Crippen LogP contribution in [0.15, 0.2) is 54.9 Å². The Hall–Kier alpha value is -3.32. The standard InChI is InChI=1S/C21H21N5O2/c1-14-10-16(15-5-6-20(22)24-12-15)11-18(25-14)19-13-26(8-9-28-19)21(27)17-4-2-3-7-23-17/h2-7,10-12,19H,8-9,13H2,1H3,(H2,22,24). The van der Waals surface area contributed by atoms with Crippen molar-refractivity contribution in [2.75, 3.05) is 25.4 Å². The van der Waals surface area contributed by atoms with Crippen LogP contribution in [-0.4, -0.2) is 45.5 Å². The highest BCUT2D eigenvalue weighted by Crippen LogP contribution is 2.27. The molecule has 0 bridgehead atoms. The number of pyridine rings is 3. The van der Waals surface area contributed by atoms with E-state index in [2.05, 4.69) is 15.0 Å². The first-order valence-electron chi connectivity index (χ1n) is 9.12. The molecule has 0 saturated carbocycles. The van der Waals surface area contributed by atoms with Gasteiger partial charge in [0.2, 0.25) is 0 Å². The third-order valence-corrected chi connectivity index (χ3v) is 4.66. The van der Waals surface area contributed by atoms with E-state index in [-0.39, 0.29) is 12.0 Å². The summed E-state index contributed by atoms with van der Waals surface area (Å²) in [5.74, 6) is 0.388. The van der Waals surface area contributed by atoms with Crippen molar-refractivity contribution in [1.82, 2.24) is 19.9 Å². The first-order chi connectivity index (χ1) is 13.6. The van der Waals surface area contributed by atoms with Crippen LogP contribution in [0, 0.1) is 6.92 Å². The number of nitrogen functional groups attached to an aromatic ring is 1. The molecule has 7 nitrogen and oxygen atoms in total. The van der Waals surface area contributed by atoms with Crippen LogP contribution in [0.4, 0.5) is 5.82 Å². The molecule has 1 saturated heterocycles. The summed E-state index contributed by atoms with van der Waals surface area (Å²) in [6.45, 7) is 3.37. The molecule has 2 N–H and O–H groups in total. The van der Waals surface area contributed by atoms with Crippen LogP contribution in [0.25, 0.3) is 11.1 Å². The lowest BCUT2D eigenvalue weighted by Crippen LogP contribution is -2.42. The van der Waals surface area contributed by atoms with E-state index in [0.29, 0.717) is 31.2 Å². The molecule has 4 rings (SSSR count). The molecule has 0 aromatic carbocycles. The molecule has 3 aromatic heterocycles. The first-order valence-corrected chi connectivity index (χ1v) is 9.12. The van der Waals surface area contributed by atoms with Crippen molar-refractivity contribution in [3.8, 4) is 11.1 Å². The van der Waals surface area contributed by atoms with E-state index in [4.69, 9.17) is 10.5 Å². The Morgan fingerprint density at radius 2 is 2.07 bits per heavy atom. The smallest absolute Gasteiger partial charge is 0.272 e. The molecule has 142 valence electrons. The SMILES string of the molecule is Cc1cc(-c2ccc(N)nc2)cc(C2CN(C(=O)c3ccccn3)CCO2)n1. The number of hydrogen-bond acceptors (Lipinski definition) is 6. The van der Waals surface area contributed by atoms with E-state index >= 15 is 0 Å². The van der Waals surface area contributed by atoms with Crippen molar-refractivity contribution < 1.29 is 9.53 Å². The summed E-state index contributed by atoms with van der Waals surface area (Å²) in [6.07, 6.45) is 3.08. The molecule has 0 radical (unpaired) electrons. The minimum Gasteiger partial charge on any atom is -0.384 e. The fraction of sp³-hybridized carbons (Fsp3) is 0.238. The van der Waals surface area contributed by atoms with Crippen LogP contribution < -0.4 is 5.73 Å². The normalized spacial score (nSPS) is 16.8. The second-order valence-electron chi connectivity index (χ2n) is 6.72. The van der Waals surface area contributed by atoms with E-state index in [1.165, 1.54) is 0 Å². The highest BCUT2D eigenvalue weighted by Gasteiger charge is 2.28. The monoisotopic (exact) mass is 375 g/mol. The summed E-state index contributed by atoms with van der Waals surface area (Å²) in [7, 11) is 0. The zero-order valence-corrected chi connectivity index (χ0v) is 15.6. The molecule has 4 heterocycles. The lowest BCUT2D eigenvalue weighted by atomic mass is 10.0. The molecule has 0 spiro atoms. The molecule has 0 aliphatic carbocycles. The van der Waals surface area contributed by atoms with Gasteiger partial charge in [0.05, 0.1) is 18.8 Å². The van der Waals surface area contributed by atoms with Crippen molar-refractivity contribution >= 4 is 11.7 Å². The number of carbonyl (C=O) groups is 1. The van der Waals surface area contributed by atoms with Gasteiger partial charge >= 0.3 is 0 Å². The zero-order chi connectivity index (χ0) is 19.5. The number of carbonyl (C=O) groups excluding carboxylic acids is 1. The maximum atomic E-state index is 12.7. The second-order valence-corrected chi connectivity index (χ2v) is 6.72. The van der Waals surface area contributed by atoms with Gasteiger partial charge in [0.15, 0.2) is 0 Å². The topological polar surface area (TPSA) is 94.2 Å². The Labute approximate surface area is 163 Å². The van der Waals surface area contributed by atoms with Gasteiger partial charge in [-0.15, -0.1) is 0 Å². The first kappa shape index (κ1) is 18.1. The molecule has 1 unspecified atom stereocenters. The van der Waals surface area contributed by atoms with Crippen LogP contribution in [-0.2, 0) is 4.74 Å². The number of amides is 1. The Balaban J connectivity index is 1.58. The number of rotatable bonds is 3. The molecular formula is C21H21N5O2. The molecule has 1 atom stereocenters. The molecule has 1 aliphatic heterocycles. The summed E-state index contributed by atoms with van der Waals surface area (Å²) in [5, 5.41) is 0. The largest absolute Gasteiger partial charge is 0.384 e. The summed E-state index contributed by atoms with van der Waals surface area (Å²) in [4.78, 5) is 27.5. The molecule has 7 heteroatoms. The van der Waals surface area contributed by atoms with E-state index in [1.54, 1.807) is 35.5 Å². The van der Waals surface area contributed by atoms with E-state index in [0.717, 1.165) is 22.5 Å². The van der Waals surface area contributed by atoms with Crippen LogP contribution in [0.3, 0.4) is 0 Å². The average Bonchev–Trinajstić information content (AvgIpc) is 2.74. The summed E-state index contributed by atoms with van der Waals surface area (Å²) in [6, 6.07) is 13.0. The van der Waals surface area contributed by atoms with Crippen molar-refractivity contribution in [2.24, 2.45) is 0 Å².